The van der Waals surface area contributed by atoms with Crippen LogP contribution in [0.25, 0.3) is 0 Å². The van der Waals surface area contributed by atoms with Crippen LogP contribution >= 0.6 is 11.8 Å². The number of thioether (sulfide) groups is 1. The highest BCUT2D eigenvalue weighted by Gasteiger charge is 2.22. The van der Waals surface area contributed by atoms with Gasteiger partial charge < -0.3 is 5.32 Å². The van der Waals surface area contributed by atoms with Crippen LogP contribution in [-0.4, -0.2) is 59.4 Å². The summed E-state index contributed by atoms with van der Waals surface area (Å²) in [4.78, 5) is 17.6. The number of rotatable bonds is 5. The van der Waals surface area contributed by atoms with Crippen molar-refractivity contribution in [1.82, 2.24) is 9.80 Å². The minimum Gasteiger partial charge on any atom is -0.324 e. The number of carbonyl (C=O) groups is 1. The lowest BCUT2D eigenvalue weighted by molar-refractivity contribution is -0.120. The van der Waals surface area contributed by atoms with Crippen molar-refractivity contribution in [3.05, 3.63) is 29.3 Å². The number of nitrogens with one attached hydrogen (secondary N) is 1. The Morgan fingerprint density at radius 1 is 1.12 bits per heavy atom. The normalized spacial score (nSPS) is 21.2. The van der Waals surface area contributed by atoms with Gasteiger partial charge in [-0.25, -0.2) is 0 Å². The summed E-state index contributed by atoms with van der Waals surface area (Å²) in [6, 6.07) is 6.42. The van der Waals surface area contributed by atoms with Crippen molar-refractivity contribution in [2.75, 3.05) is 43.0 Å². The average Bonchev–Trinajstić information content (AvgIpc) is 2.93. The summed E-state index contributed by atoms with van der Waals surface area (Å²) in [5.74, 6) is 2.60. The molecule has 1 atom stereocenters. The van der Waals surface area contributed by atoms with E-state index in [2.05, 4.69) is 40.2 Å². The van der Waals surface area contributed by atoms with Gasteiger partial charge in [-0.1, -0.05) is 25.0 Å². The van der Waals surface area contributed by atoms with Crippen LogP contribution in [0.4, 0.5) is 5.69 Å². The molecule has 0 aromatic heterocycles. The summed E-state index contributed by atoms with van der Waals surface area (Å²) < 4.78 is 0. The van der Waals surface area contributed by atoms with E-state index < -0.39 is 0 Å². The van der Waals surface area contributed by atoms with E-state index in [1.54, 1.807) is 0 Å². The first kappa shape index (κ1) is 19.7. The number of hydrogen-bond acceptors (Lipinski definition) is 4. The number of carbonyl (C=O) groups excluding carboxylic acids is 1. The zero-order valence-electron chi connectivity index (χ0n) is 16.3. The first-order chi connectivity index (χ1) is 12.6. The van der Waals surface area contributed by atoms with Crippen molar-refractivity contribution >= 4 is 23.4 Å². The molecule has 1 unspecified atom stereocenters. The van der Waals surface area contributed by atoms with Gasteiger partial charge in [0.1, 0.15) is 0 Å². The molecule has 2 aliphatic heterocycles. The van der Waals surface area contributed by atoms with E-state index in [0.29, 0.717) is 0 Å². The molecule has 0 saturated carbocycles. The van der Waals surface area contributed by atoms with Gasteiger partial charge >= 0.3 is 0 Å². The summed E-state index contributed by atoms with van der Waals surface area (Å²) in [6.07, 6.45) is 5.00. The molecule has 0 bridgehead atoms. The van der Waals surface area contributed by atoms with Crippen molar-refractivity contribution in [3.63, 3.8) is 0 Å². The van der Waals surface area contributed by atoms with Crippen molar-refractivity contribution in [2.45, 2.75) is 52.1 Å². The van der Waals surface area contributed by atoms with Gasteiger partial charge in [0.05, 0.1) is 6.04 Å². The van der Waals surface area contributed by atoms with E-state index in [4.69, 9.17) is 0 Å². The van der Waals surface area contributed by atoms with Gasteiger partial charge in [-0.05, 0) is 57.0 Å². The minimum atomic E-state index is -0.0574. The molecule has 0 spiro atoms. The monoisotopic (exact) mass is 375 g/mol. The highest BCUT2D eigenvalue weighted by atomic mass is 32.2. The van der Waals surface area contributed by atoms with Gasteiger partial charge in [0, 0.05) is 36.8 Å². The number of anilines is 1. The SMILES string of the molecule is Cc1cc(CN2CCSCC2)ccc1NC(=O)C(C)N1CCCCCC1. The molecule has 5 heteroatoms. The maximum Gasteiger partial charge on any atom is 0.241 e. The molecule has 144 valence electrons. The summed E-state index contributed by atoms with van der Waals surface area (Å²) in [5, 5.41) is 3.16. The number of likely N-dealkylation sites (tertiary alicyclic amines) is 1. The second-order valence-electron chi connectivity index (χ2n) is 7.65. The van der Waals surface area contributed by atoms with Crippen LogP contribution in [0.1, 0.15) is 43.7 Å². The molecule has 2 saturated heterocycles. The Morgan fingerprint density at radius 2 is 1.81 bits per heavy atom. The zero-order valence-corrected chi connectivity index (χ0v) is 17.1. The smallest absolute Gasteiger partial charge is 0.241 e. The van der Waals surface area contributed by atoms with Crippen LogP contribution in [0.2, 0.25) is 0 Å². The van der Waals surface area contributed by atoms with E-state index in [9.17, 15) is 4.79 Å². The van der Waals surface area contributed by atoms with Crippen molar-refractivity contribution in [2.24, 2.45) is 0 Å². The lowest BCUT2D eigenvalue weighted by Crippen LogP contribution is -2.42. The molecule has 1 amide bonds. The highest BCUT2D eigenvalue weighted by Crippen LogP contribution is 2.20. The molecule has 2 fully saturated rings. The Bertz CT molecular complexity index is 593. The van der Waals surface area contributed by atoms with Crippen LogP contribution in [0.5, 0.6) is 0 Å². The first-order valence-corrected chi connectivity index (χ1v) is 11.2. The fraction of sp³-hybridized carbons (Fsp3) is 0.667. The molecule has 26 heavy (non-hydrogen) atoms. The Kier molecular flexibility index (Phi) is 7.41. The molecule has 2 heterocycles. The number of hydrogen-bond donors (Lipinski definition) is 1. The lowest BCUT2D eigenvalue weighted by atomic mass is 10.1. The molecule has 1 N–H and O–H groups in total. The second kappa shape index (κ2) is 9.77. The summed E-state index contributed by atoms with van der Waals surface area (Å²) in [6.45, 7) is 9.59. The molecule has 1 aromatic carbocycles. The highest BCUT2D eigenvalue weighted by molar-refractivity contribution is 7.99. The third kappa shape index (κ3) is 5.48. The number of amides is 1. The van der Waals surface area contributed by atoms with Gasteiger partial charge in [-0.3, -0.25) is 14.6 Å². The summed E-state index contributed by atoms with van der Waals surface area (Å²) in [5.41, 5.74) is 3.45. The molecule has 0 radical (unpaired) electrons. The third-order valence-corrected chi connectivity index (χ3v) is 6.57. The van der Waals surface area contributed by atoms with Gasteiger partial charge in [0.15, 0.2) is 0 Å². The number of aryl methyl sites for hydroxylation is 1. The van der Waals surface area contributed by atoms with Crippen LogP contribution in [0, 0.1) is 6.92 Å². The van der Waals surface area contributed by atoms with E-state index in [0.717, 1.165) is 30.9 Å². The predicted molar refractivity (Wildman–Crippen MR) is 112 cm³/mol. The molecule has 0 aliphatic carbocycles. The fourth-order valence-electron chi connectivity index (χ4n) is 3.87. The Morgan fingerprint density at radius 3 is 2.46 bits per heavy atom. The van der Waals surface area contributed by atoms with Crippen LogP contribution in [0.15, 0.2) is 18.2 Å². The average molecular weight is 376 g/mol. The zero-order chi connectivity index (χ0) is 18.4. The quantitative estimate of drug-likeness (QED) is 0.850. The van der Waals surface area contributed by atoms with Crippen LogP contribution in [-0.2, 0) is 11.3 Å². The van der Waals surface area contributed by atoms with Gasteiger partial charge in [-0.2, -0.15) is 11.8 Å². The maximum absolute atomic E-state index is 12.7. The molecule has 3 rings (SSSR count). The van der Waals surface area contributed by atoms with Crippen LogP contribution < -0.4 is 5.32 Å². The minimum absolute atomic E-state index is 0.0574. The van der Waals surface area contributed by atoms with Gasteiger partial charge in [-0.15, -0.1) is 0 Å². The fourth-order valence-corrected chi connectivity index (χ4v) is 4.85. The van der Waals surface area contributed by atoms with E-state index in [-0.39, 0.29) is 11.9 Å². The molecule has 2 aliphatic rings. The van der Waals surface area contributed by atoms with Crippen molar-refractivity contribution in [3.8, 4) is 0 Å². The largest absolute Gasteiger partial charge is 0.324 e. The second-order valence-corrected chi connectivity index (χ2v) is 8.88. The Hall–Kier alpha value is -1.04. The molecular formula is C21H33N3OS. The summed E-state index contributed by atoms with van der Waals surface area (Å²) in [7, 11) is 0. The van der Waals surface area contributed by atoms with Gasteiger partial charge in [0.25, 0.3) is 0 Å². The van der Waals surface area contributed by atoms with E-state index in [1.165, 1.54) is 55.8 Å². The van der Waals surface area contributed by atoms with Crippen molar-refractivity contribution < 1.29 is 4.79 Å². The molecular weight excluding hydrogens is 342 g/mol. The third-order valence-electron chi connectivity index (χ3n) is 5.63. The van der Waals surface area contributed by atoms with E-state index >= 15 is 0 Å². The lowest BCUT2D eigenvalue weighted by Gasteiger charge is -2.27. The molecule has 4 nitrogen and oxygen atoms in total. The predicted octanol–water partition coefficient (Wildman–Crippen LogP) is 3.75. The number of nitrogens with zero attached hydrogens (tertiary/aromatic N) is 2. The summed E-state index contributed by atoms with van der Waals surface area (Å²) >= 11 is 2.04. The van der Waals surface area contributed by atoms with E-state index in [1.807, 2.05) is 18.7 Å². The molecule has 1 aromatic rings. The Balaban J connectivity index is 1.57. The van der Waals surface area contributed by atoms with Crippen LogP contribution in [0.3, 0.4) is 0 Å². The first-order valence-electron chi connectivity index (χ1n) is 10.1. The number of benzene rings is 1. The van der Waals surface area contributed by atoms with Crippen molar-refractivity contribution in [1.29, 1.82) is 0 Å². The van der Waals surface area contributed by atoms with Gasteiger partial charge in [0.2, 0.25) is 5.91 Å². The standard InChI is InChI=1S/C21H33N3OS/c1-17-15-19(16-23-11-13-26-14-12-23)7-8-20(17)22-21(25)18(2)24-9-5-3-4-6-10-24/h7-8,15,18H,3-6,9-14,16H2,1-2H3,(H,22,25). The Labute approximate surface area is 162 Å². The maximum atomic E-state index is 12.7. The topological polar surface area (TPSA) is 35.6 Å².